The van der Waals surface area contributed by atoms with E-state index in [0.717, 1.165) is 6.42 Å². The van der Waals surface area contributed by atoms with E-state index in [1.54, 1.807) is 18.2 Å². The Morgan fingerprint density at radius 3 is 2.42 bits per heavy atom. The Labute approximate surface area is 113 Å². The van der Waals surface area contributed by atoms with Gasteiger partial charge < -0.3 is 10.4 Å². The van der Waals surface area contributed by atoms with Crippen LogP contribution in [0.4, 0.5) is 5.69 Å². The Kier molecular flexibility index (Phi) is 4.41. The lowest BCUT2D eigenvalue weighted by Gasteiger charge is -2.13. The van der Waals surface area contributed by atoms with Gasteiger partial charge in [0.2, 0.25) is 0 Å². The molecule has 2 rings (SSSR count). The maximum atomic E-state index is 9.67. The zero-order chi connectivity index (χ0) is 13.5. The number of benzene rings is 2. The average molecular weight is 252 g/mol. The van der Waals surface area contributed by atoms with Gasteiger partial charge in [0.25, 0.3) is 0 Å². The van der Waals surface area contributed by atoms with Crippen molar-refractivity contribution in [3.8, 4) is 11.8 Å². The summed E-state index contributed by atoms with van der Waals surface area (Å²) in [6.45, 7) is 0. The fraction of sp³-hybridized carbons (Fsp3) is 0.188. The molecule has 0 saturated heterocycles. The van der Waals surface area contributed by atoms with E-state index in [9.17, 15) is 5.11 Å². The van der Waals surface area contributed by atoms with E-state index in [-0.39, 0.29) is 11.8 Å². The largest absolute Gasteiger partial charge is 0.506 e. The normalized spacial score (nSPS) is 11.5. The molecule has 0 aliphatic carbocycles. The Balaban J connectivity index is 1.95. The molecule has 2 N–H and O–H groups in total. The van der Waals surface area contributed by atoms with Gasteiger partial charge in [-0.25, -0.2) is 0 Å². The molecule has 0 amide bonds. The molecule has 3 heteroatoms. The second-order valence-electron chi connectivity index (χ2n) is 4.37. The second-order valence-corrected chi connectivity index (χ2v) is 4.37. The van der Waals surface area contributed by atoms with Crippen LogP contribution in [0.25, 0.3) is 0 Å². The topological polar surface area (TPSA) is 56.0 Å². The molecule has 0 aliphatic rings. The molecule has 19 heavy (non-hydrogen) atoms. The van der Waals surface area contributed by atoms with Crippen LogP contribution in [0.2, 0.25) is 0 Å². The predicted octanol–water partition coefficient (Wildman–Crippen LogP) is 3.33. The number of aryl methyl sites for hydroxylation is 1. The van der Waals surface area contributed by atoms with Crippen LogP contribution < -0.4 is 5.32 Å². The van der Waals surface area contributed by atoms with Gasteiger partial charge in [-0.3, -0.25) is 0 Å². The summed E-state index contributed by atoms with van der Waals surface area (Å²) >= 11 is 0. The van der Waals surface area contributed by atoms with E-state index in [4.69, 9.17) is 5.26 Å². The monoisotopic (exact) mass is 252 g/mol. The van der Waals surface area contributed by atoms with E-state index < -0.39 is 0 Å². The van der Waals surface area contributed by atoms with Crippen LogP contribution in [-0.4, -0.2) is 11.1 Å². The first-order valence-corrected chi connectivity index (χ1v) is 6.27. The SMILES string of the molecule is N#C[C@@H](CCc1ccccc1)Nc1ccccc1O. The Hall–Kier alpha value is -2.47. The summed E-state index contributed by atoms with van der Waals surface area (Å²) in [6, 6.07) is 18.9. The maximum absolute atomic E-state index is 9.67. The summed E-state index contributed by atoms with van der Waals surface area (Å²) < 4.78 is 0. The van der Waals surface area contributed by atoms with Crippen molar-refractivity contribution < 1.29 is 5.11 Å². The number of hydrogen-bond donors (Lipinski definition) is 2. The van der Waals surface area contributed by atoms with Crippen molar-refractivity contribution in [1.29, 1.82) is 5.26 Å². The summed E-state index contributed by atoms with van der Waals surface area (Å²) in [5.41, 5.74) is 1.81. The fourth-order valence-electron chi connectivity index (χ4n) is 1.91. The van der Waals surface area contributed by atoms with Gasteiger partial charge in [0.15, 0.2) is 0 Å². The molecule has 1 atom stereocenters. The number of phenols is 1. The standard InChI is InChI=1S/C16H16N2O/c17-12-14(11-10-13-6-2-1-3-7-13)18-15-8-4-5-9-16(15)19/h1-9,14,18-19H,10-11H2/t14-/m1/s1. The van der Waals surface area contributed by atoms with Crippen LogP contribution in [0.5, 0.6) is 5.75 Å². The van der Waals surface area contributed by atoms with Crippen molar-refractivity contribution >= 4 is 5.69 Å². The number of rotatable bonds is 5. The summed E-state index contributed by atoms with van der Waals surface area (Å²) in [5, 5.41) is 21.9. The first-order valence-electron chi connectivity index (χ1n) is 6.27. The van der Waals surface area contributed by atoms with Crippen LogP contribution in [0.3, 0.4) is 0 Å². The van der Waals surface area contributed by atoms with Crippen molar-refractivity contribution in [1.82, 2.24) is 0 Å². The van der Waals surface area contributed by atoms with Crippen LogP contribution >= 0.6 is 0 Å². The minimum atomic E-state index is -0.312. The molecule has 2 aromatic carbocycles. The van der Waals surface area contributed by atoms with Crippen molar-refractivity contribution in [2.45, 2.75) is 18.9 Å². The Morgan fingerprint density at radius 1 is 1.05 bits per heavy atom. The summed E-state index contributed by atoms with van der Waals surface area (Å²) in [6.07, 6.45) is 1.54. The highest BCUT2D eigenvalue weighted by molar-refractivity contribution is 5.56. The van der Waals surface area contributed by atoms with Crippen molar-refractivity contribution in [2.75, 3.05) is 5.32 Å². The molecular formula is C16H16N2O. The molecule has 0 radical (unpaired) electrons. The van der Waals surface area contributed by atoms with Crippen molar-refractivity contribution in [3.05, 3.63) is 60.2 Å². The van der Waals surface area contributed by atoms with Gasteiger partial charge in [0.05, 0.1) is 11.8 Å². The highest BCUT2D eigenvalue weighted by Crippen LogP contribution is 2.23. The summed E-state index contributed by atoms with van der Waals surface area (Å²) in [4.78, 5) is 0. The molecule has 0 bridgehead atoms. The third-order valence-electron chi connectivity index (χ3n) is 2.95. The summed E-state index contributed by atoms with van der Waals surface area (Å²) in [7, 11) is 0. The Morgan fingerprint density at radius 2 is 1.74 bits per heavy atom. The highest BCUT2D eigenvalue weighted by atomic mass is 16.3. The first kappa shape index (κ1) is 13.0. The number of para-hydroxylation sites is 2. The number of nitriles is 1. The lowest BCUT2D eigenvalue weighted by atomic mass is 10.1. The number of hydrogen-bond acceptors (Lipinski definition) is 3. The molecule has 2 aromatic rings. The van der Waals surface area contributed by atoms with Gasteiger partial charge in [-0.15, -0.1) is 0 Å². The zero-order valence-corrected chi connectivity index (χ0v) is 10.6. The number of phenolic OH excluding ortho intramolecular Hbond substituents is 1. The summed E-state index contributed by atoms with van der Waals surface area (Å²) in [5.74, 6) is 0.169. The number of aromatic hydroxyl groups is 1. The lowest BCUT2D eigenvalue weighted by molar-refractivity contribution is 0.476. The molecule has 0 unspecified atom stereocenters. The van der Waals surface area contributed by atoms with Crippen LogP contribution in [-0.2, 0) is 6.42 Å². The van der Waals surface area contributed by atoms with Crippen LogP contribution in [0.15, 0.2) is 54.6 Å². The highest BCUT2D eigenvalue weighted by Gasteiger charge is 2.09. The van der Waals surface area contributed by atoms with E-state index in [2.05, 4.69) is 23.5 Å². The lowest BCUT2D eigenvalue weighted by Crippen LogP contribution is -2.18. The molecule has 0 aliphatic heterocycles. The average Bonchev–Trinajstić information content (AvgIpc) is 2.46. The van der Waals surface area contributed by atoms with Gasteiger partial charge in [0, 0.05) is 0 Å². The van der Waals surface area contributed by atoms with E-state index >= 15 is 0 Å². The smallest absolute Gasteiger partial charge is 0.138 e. The van der Waals surface area contributed by atoms with E-state index in [0.29, 0.717) is 12.1 Å². The number of nitrogens with zero attached hydrogens (tertiary/aromatic N) is 1. The van der Waals surface area contributed by atoms with E-state index in [1.807, 2.05) is 24.3 Å². The van der Waals surface area contributed by atoms with Crippen LogP contribution in [0, 0.1) is 11.3 Å². The van der Waals surface area contributed by atoms with Crippen molar-refractivity contribution in [2.24, 2.45) is 0 Å². The molecule has 0 spiro atoms. The fourth-order valence-corrected chi connectivity index (χ4v) is 1.91. The number of nitrogens with one attached hydrogen (secondary N) is 1. The zero-order valence-electron chi connectivity index (χ0n) is 10.6. The minimum Gasteiger partial charge on any atom is -0.506 e. The molecule has 0 heterocycles. The van der Waals surface area contributed by atoms with Gasteiger partial charge in [-0.1, -0.05) is 42.5 Å². The third-order valence-corrected chi connectivity index (χ3v) is 2.95. The van der Waals surface area contributed by atoms with Crippen molar-refractivity contribution in [3.63, 3.8) is 0 Å². The molecule has 3 nitrogen and oxygen atoms in total. The van der Waals surface area contributed by atoms with Gasteiger partial charge in [-0.05, 0) is 30.5 Å². The minimum absolute atomic E-state index is 0.169. The third kappa shape index (κ3) is 3.75. The van der Waals surface area contributed by atoms with E-state index in [1.165, 1.54) is 5.56 Å². The van der Waals surface area contributed by atoms with Gasteiger partial charge >= 0.3 is 0 Å². The molecular weight excluding hydrogens is 236 g/mol. The predicted molar refractivity (Wildman–Crippen MR) is 75.9 cm³/mol. The molecule has 0 saturated carbocycles. The molecule has 0 aromatic heterocycles. The molecule has 0 fully saturated rings. The second kappa shape index (κ2) is 6.46. The first-order chi connectivity index (χ1) is 9.29. The molecule has 96 valence electrons. The van der Waals surface area contributed by atoms with Gasteiger partial charge in [0.1, 0.15) is 11.8 Å². The maximum Gasteiger partial charge on any atom is 0.138 e. The Bertz CT molecular complexity index is 560. The van der Waals surface area contributed by atoms with Gasteiger partial charge in [-0.2, -0.15) is 5.26 Å². The van der Waals surface area contributed by atoms with Crippen LogP contribution in [0.1, 0.15) is 12.0 Å². The number of anilines is 1. The quantitative estimate of drug-likeness (QED) is 0.802.